The second-order valence-corrected chi connectivity index (χ2v) is 5.89. The number of hydrogen-bond donors (Lipinski definition) is 2. The minimum absolute atomic E-state index is 0.104. The zero-order valence-corrected chi connectivity index (χ0v) is 13.6. The van der Waals surface area contributed by atoms with Gasteiger partial charge < -0.3 is 14.5 Å². The smallest absolute Gasteiger partial charge is 0.296 e. The number of nitrogens with one attached hydrogen (secondary N) is 2. The summed E-state index contributed by atoms with van der Waals surface area (Å²) >= 11 is 7.51. The first-order valence-corrected chi connectivity index (χ1v) is 8.10. The zero-order valence-electron chi connectivity index (χ0n) is 12.1. The largest absolute Gasteiger partial charge is 0.455 e. The third-order valence-corrected chi connectivity index (χ3v) is 3.95. The quantitative estimate of drug-likeness (QED) is 0.502. The molecular weight excluding hydrogens is 354 g/mol. The molecule has 0 spiro atoms. The molecule has 0 saturated carbocycles. The van der Waals surface area contributed by atoms with E-state index in [0.717, 1.165) is 5.01 Å². The number of nitrogens with zero attached hydrogens (tertiary/aromatic N) is 5. The van der Waals surface area contributed by atoms with Crippen molar-refractivity contribution in [1.82, 2.24) is 29.9 Å². The lowest BCUT2D eigenvalue weighted by Crippen LogP contribution is -2.02. The maximum atomic E-state index is 5.96. The summed E-state index contributed by atoms with van der Waals surface area (Å²) in [5.74, 6) is 0.948. The van der Waals surface area contributed by atoms with Gasteiger partial charge in [-0.3, -0.25) is 4.98 Å². The van der Waals surface area contributed by atoms with Crippen molar-refractivity contribution in [3.05, 3.63) is 40.2 Å². The first-order valence-electron chi connectivity index (χ1n) is 6.84. The molecule has 0 aliphatic rings. The molecule has 0 radical (unpaired) electrons. The second kappa shape index (κ2) is 6.42. The van der Waals surface area contributed by atoms with E-state index in [1.54, 1.807) is 23.7 Å². The van der Waals surface area contributed by atoms with Gasteiger partial charge in [0.15, 0.2) is 23.6 Å². The zero-order chi connectivity index (χ0) is 16.4. The Morgan fingerprint density at radius 2 is 2.21 bits per heavy atom. The van der Waals surface area contributed by atoms with E-state index >= 15 is 0 Å². The van der Waals surface area contributed by atoms with Crippen molar-refractivity contribution in [1.29, 1.82) is 0 Å². The summed E-state index contributed by atoms with van der Waals surface area (Å²) in [6.45, 7) is 0.662. The first-order chi connectivity index (χ1) is 11.8. The van der Waals surface area contributed by atoms with Gasteiger partial charge in [-0.15, -0.1) is 11.3 Å². The van der Waals surface area contributed by atoms with Gasteiger partial charge >= 0.3 is 0 Å². The number of aromatic amines is 1. The van der Waals surface area contributed by atoms with Crippen LogP contribution in [0.2, 0.25) is 5.28 Å². The van der Waals surface area contributed by atoms with Crippen molar-refractivity contribution < 1.29 is 9.15 Å². The molecule has 11 heteroatoms. The number of thiazole rings is 1. The number of hydrogen-bond acceptors (Lipinski definition) is 9. The normalized spacial score (nSPS) is 11.0. The molecule has 0 saturated heterocycles. The van der Waals surface area contributed by atoms with Crippen LogP contribution in [0.5, 0.6) is 6.01 Å². The van der Waals surface area contributed by atoms with Gasteiger partial charge in [0.25, 0.3) is 6.01 Å². The van der Waals surface area contributed by atoms with E-state index in [0.29, 0.717) is 29.4 Å². The fourth-order valence-corrected chi connectivity index (χ4v) is 2.72. The average Bonchev–Trinajstić information content (AvgIpc) is 3.31. The fourth-order valence-electron chi connectivity index (χ4n) is 2.00. The lowest BCUT2D eigenvalue weighted by atomic mass is 10.5. The number of halogens is 1. The van der Waals surface area contributed by atoms with E-state index in [9.17, 15) is 0 Å². The van der Waals surface area contributed by atoms with Crippen molar-refractivity contribution in [3.63, 3.8) is 0 Å². The predicted octanol–water partition coefficient (Wildman–Crippen LogP) is 2.64. The molecule has 0 atom stereocenters. The van der Waals surface area contributed by atoms with Crippen LogP contribution in [0, 0.1) is 0 Å². The number of imidazole rings is 1. The number of fused-ring (bicyclic) bond motifs is 1. The van der Waals surface area contributed by atoms with E-state index in [-0.39, 0.29) is 17.9 Å². The van der Waals surface area contributed by atoms with Crippen LogP contribution >= 0.6 is 22.9 Å². The standard InChI is InChI=1S/C13H10ClN7O2S/c14-12-19-10(17-5-8-16-2-4-24-8)9-11(20-12)21-13(18-9)23-6-7-15-1-3-22-7/h1-4H,5-6H2,(H2,17,18,19,20,21). The Kier molecular flexibility index (Phi) is 3.97. The van der Waals surface area contributed by atoms with Crippen LogP contribution in [0.15, 0.2) is 28.5 Å². The summed E-state index contributed by atoms with van der Waals surface area (Å²) < 4.78 is 10.6. The number of anilines is 1. The molecule has 0 amide bonds. The number of aromatic nitrogens is 6. The molecule has 4 aromatic rings. The van der Waals surface area contributed by atoms with Crippen molar-refractivity contribution in [3.8, 4) is 6.01 Å². The van der Waals surface area contributed by atoms with E-state index in [1.807, 2.05) is 5.38 Å². The molecule has 0 aliphatic carbocycles. The van der Waals surface area contributed by atoms with Gasteiger partial charge in [-0.25, -0.2) is 9.97 Å². The highest BCUT2D eigenvalue weighted by molar-refractivity contribution is 7.09. The molecule has 4 aromatic heterocycles. The highest BCUT2D eigenvalue weighted by atomic mass is 35.5. The van der Waals surface area contributed by atoms with Gasteiger partial charge in [-0.05, 0) is 11.6 Å². The maximum Gasteiger partial charge on any atom is 0.296 e. The molecule has 2 N–H and O–H groups in total. The first kappa shape index (κ1) is 14.8. The van der Waals surface area contributed by atoms with E-state index in [2.05, 4.69) is 35.2 Å². The molecule has 9 nitrogen and oxygen atoms in total. The monoisotopic (exact) mass is 363 g/mol. The van der Waals surface area contributed by atoms with Gasteiger partial charge in [-0.2, -0.15) is 15.0 Å². The average molecular weight is 364 g/mol. The summed E-state index contributed by atoms with van der Waals surface area (Å²) in [6, 6.07) is 0.275. The molecule has 0 aromatic carbocycles. The maximum absolute atomic E-state index is 5.96. The van der Waals surface area contributed by atoms with Gasteiger partial charge in [0, 0.05) is 11.6 Å². The van der Waals surface area contributed by atoms with Crippen molar-refractivity contribution >= 4 is 39.9 Å². The molecule has 0 aliphatic heterocycles. The Bertz CT molecular complexity index is 939. The van der Waals surface area contributed by atoms with E-state index < -0.39 is 0 Å². The highest BCUT2D eigenvalue weighted by Gasteiger charge is 2.14. The fraction of sp³-hybridized carbons (Fsp3) is 0.154. The molecule has 0 unspecified atom stereocenters. The summed E-state index contributed by atoms with van der Waals surface area (Å²) in [5.41, 5.74) is 0.998. The van der Waals surface area contributed by atoms with E-state index in [1.165, 1.54) is 6.26 Å². The number of ether oxygens (including phenoxy) is 1. The number of H-pyrrole nitrogens is 1. The van der Waals surface area contributed by atoms with Crippen molar-refractivity contribution in [2.75, 3.05) is 5.32 Å². The summed E-state index contributed by atoms with van der Waals surface area (Å²) in [6.07, 6.45) is 4.76. The lowest BCUT2D eigenvalue weighted by Gasteiger charge is -2.03. The van der Waals surface area contributed by atoms with Gasteiger partial charge in [0.1, 0.15) is 11.3 Å². The second-order valence-electron chi connectivity index (χ2n) is 4.57. The molecular formula is C13H10ClN7O2S. The molecule has 4 heterocycles. The third kappa shape index (κ3) is 3.14. The van der Waals surface area contributed by atoms with Gasteiger partial charge in [0.05, 0.1) is 12.7 Å². The molecule has 122 valence electrons. The SMILES string of the molecule is Clc1nc(NCc2nccs2)c2nc(OCc3ncco3)[nH]c2n1. The van der Waals surface area contributed by atoms with Crippen molar-refractivity contribution in [2.24, 2.45) is 0 Å². The Hall–Kier alpha value is -2.72. The van der Waals surface area contributed by atoms with Crippen LogP contribution in [0.25, 0.3) is 11.2 Å². The van der Waals surface area contributed by atoms with Crippen molar-refractivity contribution in [2.45, 2.75) is 13.2 Å². The van der Waals surface area contributed by atoms with Crippen LogP contribution in [0.4, 0.5) is 5.82 Å². The molecule has 4 rings (SSSR count). The van der Waals surface area contributed by atoms with Crippen LogP contribution in [-0.4, -0.2) is 29.9 Å². The number of rotatable bonds is 6. The third-order valence-electron chi connectivity index (χ3n) is 3.00. The van der Waals surface area contributed by atoms with Gasteiger partial charge in [-0.1, -0.05) is 0 Å². The Morgan fingerprint density at radius 3 is 3.00 bits per heavy atom. The Labute approximate surface area is 144 Å². The molecule has 24 heavy (non-hydrogen) atoms. The van der Waals surface area contributed by atoms with Crippen LogP contribution < -0.4 is 10.1 Å². The van der Waals surface area contributed by atoms with E-state index in [4.69, 9.17) is 20.8 Å². The topological polar surface area (TPSA) is 115 Å². The molecule has 0 fully saturated rings. The summed E-state index contributed by atoms with van der Waals surface area (Å²) in [5, 5.41) is 6.09. The lowest BCUT2D eigenvalue weighted by molar-refractivity contribution is 0.246. The predicted molar refractivity (Wildman–Crippen MR) is 87.0 cm³/mol. The van der Waals surface area contributed by atoms with Gasteiger partial charge in [0.2, 0.25) is 11.2 Å². The summed E-state index contributed by atoms with van der Waals surface area (Å²) in [4.78, 5) is 23.8. The van der Waals surface area contributed by atoms with Crippen LogP contribution in [-0.2, 0) is 13.2 Å². The number of oxazole rings is 1. The highest BCUT2D eigenvalue weighted by Crippen LogP contribution is 2.23. The summed E-state index contributed by atoms with van der Waals surface area (Å²) in [7, 11) is 0. The Morgan fingerprint density at radius 1 is 1.25 bits per heavy atom. The minimum atomic E-state index is 0.104. The molecule has 0 bridgehead atoms. The Balaban J connectivity index is 1.56. The minimum Gasteiger partial charge on any atom is -0.455 e. The van der Waals surface area contributed by atoms with Crippen LogP contribution in [0.3, 0.4) is 0 Å². The van der Waals surface area contributed by atoms with Crippen LogP contribution in [0.1, 0.15) is 10.9 Å².